The minimum absolute atomic E-state index is 0.653. The number of aliphatic hydroxyl groups is 2. The van der Waals surface area contributed by atoms with Crippen LogP contribution in [0.5, 0.6) is 0 Å². The fraction of sp³-hybridized carbons (Fsp3) is 0.333. The summed E-state index contributed by atoms with van der Waals surface area (Å²) in [5, 5.41) is 17.5. The Balaban J connectivity index is 2.68. The number of aliphatic hydroxyl groups excluding tert-OH is 2. The average Bonchev–Trinajstić information content (AvgIpc) is 2.37. The second-order valence-electron chi connectivity index (χ2n) is 3.45. The van der Waals surface area contributed by atoms with Gasteiger partial charge in [-0.3, -0.25) is 4.79 Å². The van der Waals surface area contributed by atoms with Crippen LogP contribution in [0.25, 0.3) is 0 Å². The molecule has 0 amide bonds. The van der Waals surface area contributed by atoms with Crippen molar-refractivity contribution in [3.63, 3.8) is 0 Å². The molecule has 0 saturated carbocycles. The van der Waals surface area contributed by atoms with E-state index in [2.05, 4.69) is 4.74 Å². The first-order valence-electron chi connectivity index (χ1n) is 5.15. The predicted octanol–water partition coefficient (Wildman–Crippen LogP) is 0.0979. The Morgan fingerprint density at radius 1 is 1.53 bits per heavy atom. The van der Waals surface area contributed by atoms with Crippen LogP contribution in [-0.2, 0) is 14.3 Å². The summed E-state index contributed by atoms with van der Waals surface area (Å²) in [6, 6.07) is 0. The third-order valence-corrected chi connectivity index (χ3v) is 2.30. The van der Waals surface area contributed by atoms with Gasteiger partial charge in [0.25, 0.3) is 0 Å². The van der Waals surface area contributed by atoms with Crippen molar-refractivity contribution >= 4 is 11.9 Å². The lowest BCUT2D eigenvalue weighted by Gasteiger charge is -2.15. The zero-order chi connectivity index (χ0) is 12.8. The van der Waals surface area contributed by atoms with E-state index in [1.807, 2.05) is 0 Å². The van der Waals surface area contributed by atoms with E-state index >= 15 is 0 Å². The Kier molecular flexibility index (Phi) is 4.81. The second kappa shape index (κ2) is 6.12. The Bertz CT molecular complexity index is 392. The maximum absolute atomic E-state index is 11.6. The lowest BCUT2D eigenvalue weighted by Crippen LogP contribution is -2.31. The summed E-state index contributed by atoms with van der Waals surface area (Å²) < 4.78 is 4.46. The number of esters is 2. The molecule has 0 fully saturated rings. The SMILES string of the molecule is CC=C1C=CC=CC1C(=O)OC(=O)C(O)CO. The zero-order valence-electron chi connectivity index (χ0n) is 9.37. The van der Waals surface area contributed by atoms with Crippen LogP contribution in [0.15, 0.2) is 36.0 Å². The third-order valence-electron chi connectivity index (χ3n) is 2.30. The van der Waals surface area contributed by atoms with Gasteiger partial charge in [0.1, 0.15) is 5.92 Å². The molecule has 0 radical (unpaired) electrons. The number of hydrogen-bond donors (Lipinski definition) is 2. The first-order valence-corrected chi connectivity index (χ1v) is 5.15. The molecule has 1 aliphatic carbocycles. The normalized spacial score (nSPS) is 22.5. The molecule has 0 heterocycles. The van der Waals surface area contributed by atoms with E-state index in [0.29, 0.717) is 5.57 Å². The van der Waals surface area contributed by atoms with Crippen LogP contribution in [0.3, 0.4) is 0 Å². The van der Waals surface area contributed by atoms with E-state index in [1.165, 1.54) is 0 Å². The van der Waals surface area contributed by atoms with Gasteiger partial charge in [-0.05, 0) is 12.5 Å². The first-order chi connectivity index (χ1) is 8.10. The number of ether oxygens (including phenoxy) is 1. The molecule has 0 aromatic rings. The maximum Gasteiger partial charge on any atom is 0.345 e. The van der Waals surface area contributed by atoms with Crippen LogP contribution >= 0.6 is 0 Å². The molecule has 1 aliphatic rings. The fourth-order valence-corrected chi connectivity index (χ4v) is 1.35. The van der Waals surface area contributed by atoms with Crippen LogP contribution < -0.4 is 0 Å². The van der Waals surface area contributed by atoms with Crippen molar-refractivity contribution in [1.82, 2.24) is 0 Å². The highest BCUT2D eigenvalue weighted by molar-refractivity contribution is 5.91. The highest BCUT2D eigenvalue weighted by Crippen LogP contribution is 2.20. The molecule has 0 aromatic heterocycles. The fourth-order valence-electron chi connectivity index (χ4n) is 1.35. The molecule has 5 heteroatoms. The first kappa shape index (κ1) is 13.3. The summed E-state index contributed by atoms with van der Waals surface area (Å²) in [5.74, 6) is -2.56. The summed E-state index contributed by atoms with van der Waals surface area (Å²) in [7, 11) is 0. The second-order valence-corrected chi connectivity index (χ2v) is 3.45. The minimum atomic E-state index is -1.68. The molecule has 0 spiro atoms. The molecule has 5 nitrogen and oxygen atoms in total. The summed E-state index contributed by atoms with van der Waals surface area (Å²) in [6.07, 6.45) is 6.82. The van der Waals surface area contributed by atoms with E-state index in [0.717, 1.165) is 0 Å². The maximum atomic E-state index is 11.6. The number of rotatable bonds is 3. The molecular formula is C12H14O5. The largest absolute Gasteiger partial charge is 0.393 e. The Morgan fingerprint density at radius 2 is 2.24 bits per heavy atom. The van der Waals surface area contributed by atoms with Gasteiger partial charge in [-0.2, -0.15) is 0 Å². The number of allylic oxidation sites excluding steroid dienone is 4. The third kappa shape index (κ3) is 3.37. The van der Waals surface area contributed by atoms with Crippen LogP contribution in [0.4, 0.5) is 0 Å². The summed E-state index contributed by atoms with van der Waals surface area (Å²) >= 11 is 0. The number of hydrogen-bond acceptors (Lipinski definition) is 5. The molecular weight excluding hydrogens is 224 g/mol. The van der Waals surface area contributed by atoms with Crippen molar-refractivity contribution in [2.75, 3.05) is 6.61 Å². The average molecular weight is 238 g/mol. The lowest BCUT2D eigenvalue weighted by molar-refractivity contribution is -0.168. The quantitative estimate of drug-likeness (QED) is 0.538. The smallest absolute Gasteiger partial charge is 0.345 e. The topological polar surface area (TPSA) is 83.8 Å². The van der Waals surface area contributed by atoms with Crippen molar-refractivity contribution in [2.24, 2.45) is 5.92 Å². The van der Waals surface area contributed by atoms with E-state index in [9.17, 15) is 9.59 Å². The van der Waals surface area contributed by atoms with Gasteiger partial charge >= 0.3 is 11.9 Å². The molecule has 0 bridgehead atoms. The molecule has 2 unspecified atom stereocenters. The summed E-state index contributed by atoms with van der Waals surface area (Å²) in [4.78, 5) is 22.7. The van der Waals surface area contributed by atoms with Gasteiger partial charge in [-0.1, -0.05) is 30.4 Å². The van der Waals surface area contributed by atoms with Gasteiger partial charge in [-0.25, -0.2) is 4.79 Å². The molecule has 2 atom stereocenters. The van der Waals surface area contributed by atoms with Crippen LogP contribution in [0.1, 0.15) is 6.92 Å². The minimum Gasteiger partial charge on any atom is -0.393 e. The number of carbonyl (C=O) groups excluding carboxylic acids is 2. The Labute approximate surface area is 98.7 Å². The lowest BCUT2D eigenvalue weighted by atomic mass is 9.94. The van der Waals surface area contributed by atoms with Gasteiger partial charge in [0.2, 0.25) is 0 Å². The van der Waals surface area contributed by atoms with Gasteiger partial charge < -0.3 is 14.9 Å². The molecule has 0 aliphatic heterocycles. The van der Waals surface area contributed by atoms with Gasteiger partial charge in [0, 0.05) is 0 Å². The van der Waals surface area contributed by atoms with Crippen molar-refractivity contribution in [1.29, 1.82) is 0 Å². The summed E-state index contributed by atoms with van der Waals surface area (Å²) in [5.41, 5.74) is 0.712. The summed E-state index contributed by atoms with van der Waals surface area (Å²) in [6.45, 7) is 0.993. The highest BCUT2D eigenvalue weighted by Gasteiger charge is 2.26. The standard InChI is InChI=1S/C12H14O5/c1-2-8-5-3-4-6-9(8)11(15)17-12(16)10(14)7-13/h2-6,9-10,13-14H,7H2,1H3. The van der Waals surface area contributed by atoms with Crippen molar-refractivity contribution in [3.8, 4) is 0 Å². The Hall–Kier alpha value is -1.72. The van der Waals surface area contributed by atoms with E-state index < -0.39 is 30.6 Å². The van der Waals surface area contributed by atoms with E-state index in [1.54, 1.807) is 37.3 Å². The monoisotopic (exact) mass is 238 g/mol. The van der Waals surface area contributed by atoms with Gasteiger partial charge in [0.05, 0.1) is 6.61 Å². The van der Waals surface area contributed by atoms with Crippen molar-refractivity contribution < 1.29 is 24.5 Å². The zero-order valence-corrected chi connectivity index (χ0v) is 9.37. The molecule has 17 heavy (non-hydrogen) atoms. The highest BCUT2D eigenvalue weighted by atomic mass is 16.6. The Morgan fingerprint density at radius 3 is 2.82 bits per heavy atom. The van der Waals surface area contributed by atoms with Crippen LogP contribution in [0, 0.1) is 5.92 Å². The van der Waals surface area contributed by atoms with Crippen molar-refractivity contribution in [2.45, 2.75) is 13.0 Å². The molecule has 0 saturated heterocycles. The van der Waals surface area contributed by atoms with Crippen LogP contribution in [-0.4, -0.2) is 34.9 Å². The van der Waals surface area contributed by atoms with E-state index in [-0.39, 0.29) is 0 Å². The molecule has 92 valence electrons. The molecule has 2 N–H and O–H groups in total. The molecule has 0 aromatic carbocycles. The van der Waals surface area contributed by atoms with Crippen LogP contribution in [0.2, 0.25) is 0 Å². The molecule has 1 rings (SSSR count). The van der Waals surface area contributed by atoms with Gasteiger partial charge in [-0.15, -0.1) is 0 Å². The van der Waals surface area contributed by atoms with Gasteiger partial charge in [0.15, 0.2) is 6.10 Å². The number of carbonyl (C=O) groups is 2. The van der Waals surface area contributed by atoms with Crippen molar-refractivity contribution in [3.05, 3.63) is 36.0 Å². The van der Waals surface area contributed by atoms with E-state index in [4.69, 9.17) is 10.2 Å². The predicted molar refractivity (Wildman–Crippen MR) is 59.7 cm³/mol.